The maximum Gasteiger partial charge on any atom is 0.338 e. The zero-order valence-corrected chi connectivity index (χ0v) is 22.2. The Hall–Kier alpha value is -3.91. The Morgan fingerprint density at radius 1 is 1.27 bits per heavy atom. The lowest BCUT2D eigenvalue weighted by Gasteiger charge is -2.25. The number of carbonyl (C=O) groups excluding carboxylic acids is 1. The van der Waals surface area contributed by atoms with Gasteiger partial charge in [-0.2, -0.15) is 0 Å². The van der Waals surface area contributed by atoms with Crippen LogP contribution in [0.25, 0.3) is 6.08 Å². The van der Waals surface area contributed by atoms with Gasteiger partial charge in [-0.25, -0.2) is 9.79 Å². The van der Waals surface area contributed by atoms with E-state index in [0.29, 0.717) is 50.5 Å². The smallest absolute Gasteiger partial charge is 0.338 e. The van der Waals surface area contributed by atoms with Crippen molar-refractivity contribution in [3.8, 4) is 11.5 Å². The third-order valence-corrected chi connectivity index (χ3v) is 6.82. The van der Waals surface area contributed by atoms with Crippen molar-refractivity contribution < 1.29 is 19.4 Å². The SMILES string of the molecule is C=CCc1cc(C=c2sc3n(c2=O)C(c2ccccc2)C(C(=O)OC(C)C)=C(C)N=3)cc(OCC)c1O. The van der Waals surface area contributed by atoms with Crippen LogP contribution >= 0.6 is 11.3 Å². The normalized spacial score (nSPS) is 15.4. The van der Waals surface area contributed by atoms with Crippen LogP contribution in [0.15, 0.2) is 76.2 Å². The van der Waals surface area contributed by atoms with Gasteiger partial charge in [0.2, 0.25) is 0 Å². The first kappa shape index (κ1) is 26.2. The van der Waals surface area contributed by atoms with Gasteiger partial charge in [0.1, 0.15) is 0 Å². The van der Waals surface area contributed by atoms with Gasteiger partial charge in [-0.15, -0.1) is 6.58 Å². The molecule has 0 saturated carbocycles. The predicted molar refractivity (Wildman–Crippen MR) is 145 cm³/mol. The molecule has 0 spiro atoms. The summed E-state index contributed by atoms with van der Waals surface area (Å²) >= 11 is 1.25. The fourth-order valence-corrected chi connectivity index (χ4v) is 5.36. The van der Waals surface area contributed by atoms with Gasteiger partial charge in [-0.05, 0) is 63.5 Å². The number of carbonyl (C=O) groups is 1. The highest BCUT2D eigenvalue weighted by molar-refractivity contribution is 7.07. The highest BCUT2D eigenvalue weighted by atomic mass is 32.1. The molecule has 1 aromatic heterocycles. The minimum Gasteiger partial charge on any atom is -0.504 e. The van der Waals surface area contributed by atoms with Crippen molar-refractivity contribution in [1.82, 2.24) is 4.57 Å². The predicted octanol–water partition coefficient (Wildman–Crippen LogP) is 4.02. The Morgan fingerprint density at radius 2 is 2.00 bits per heavy atom. The van der Waals surface area contributed by atoms with Crippen LogP contribution < -0.4 is 19.6 Å². The Morgan fingerprint density at radius 3 is 2.65 bits per heavy atom. The van der Waals surface area contributed by atoms with E-state index in [1.54, 1.807) is 43.6 Å². The Bertz CT molecular complexity index is 1550. The van der Waals surface area contributed by atoms with Gasteiger partial charge in [0.05, 0.1) is 34.6 Å². The van der Waals surface area contributed by atoms with Crippen LogP contribution in [0.2, 0.25) is 0 Å². The van der Waals surface area contributed by atoms with Crippen molar-refractivity contribution in [2.24, 2.45) is 4.99 Å². The number of allylic oxidation sites excluding steroid dienone is 2. The van der Waals surface area contributed by atoms with Gasteiger partial charge >= 0.3 is 5.97 Å². The summed E-state index contributed by atoms with van der Waals surface area (Å²) in [6.45, 7) is 11.3. The number of fused-ring (bicyclic) bond motifs is 1. The number of phenolic OH excluding ortho intramolecular Hbond substituents is 1. The first-order valence-electron chi connectivity index (χ1n) is 12.1. The summed E-state index contributed by atoms with van der Waals surface area (Å²) in [5, 5.41) is 10.5. The lowest BCUT2D eigenvalue weighted by molar-refractivity contribution is -0.143. The summed E-state index contributed by atoms with van der Waals surface area (Å²) in [4.78, 5) is 32.1. The maximum atomic E-state index is 13.8. The second kappa shape index (κ2) is 11.0. The lowest BCUT2D eigenvalue weighted by atomic mass is 9.96. The Kier molecular flexibility index (Phi) is 7.78. The van der Waals surface area contributed by atoms with Gasteiger partial charge in [0, 0.05) is 5.56 Å². The van der Waals surface area contributed by atoms with E-state index in [-0.39, 0.29) is 17.4 Å². The molecule has 8 heteroatoms. The molecule has 0 saturated heterocycles. The van der Waals surface area contributed by atoms with Gasteiger partial charge in [-0.1, -0.05) is 47.7 Å². The van der Waals surface area contributed by atoms with Gasteiger partial charge < -0.3 is 14.6 Å². The molecule has 1 unspecified atom stereocenters. The summed E-state index contributed by atoms with van der Waals surface area (Å²) in [6, 6.07) is 12.3. The molecule has 1 aliphatic rings. The molecule has 37 heavy (non-hydrogen) atoms. The third-order valence-electron chi connectivity index (χ3n) is 5.84. The number of aromatic nitrogens is 1. The molecule has 0 fully saturated rings. The Balaban J connectivity index is 1.92. The summed E-state index contributed by atoms with van der Waals surface area (Å²) in [5.74, 6) is -0.0840. The van der Waals surface area contributed by atoms with Crippen molar-refractivity contribution in [2.45, 2.75) is 46.3 Å². The van der Waals surface area contributed by atoms with Crippen LogP contribution in [0, 0.1) is 0 Å². The highest BCUT2D eigenvalue weighted by Gasteiger charge is 2.33. The molecule has 1 aliphatic heterocycles. The second-order valence-electron chi connectivity index (χ2n) is 8.90. The minimum absolute atomic E-state index is 0.0633. The molecular weight excluding hydrogens is 488 g/mol. The number of ether oxygens (including phenoxy) is 2. The minimum atomic E-state index is -0.666. The topological polar surface area (TPSA) is 90.1 Å². The molecule has 0 aliphatic carbocycles. The van der Waals surface area contributed by atoms with Crippen LogP contribution in [0.4, 0.5) is 0 Å². The van der Waals surface area contributed by atoms with Gasteiger partial charge in [-0.3, -0.25) is 9.36 Å². The molecule has 2 heterocycles. The molecule has 0 radical (unpaired) electrons. The first-order chi connectivity index (χ1) is 17.7. The molecule has 1 atom stereocenters. The zero-order valence-electron chi connectivity index (χ0n) is 21.4. The second-order valence-corrected chi connectivity index (χ2v) is 9.91. The molecule has 0 amide bonds. The first-order valence-corrected chi connectivity index (χ1v) is 12.9. The van der Waals surface area contributed by atoms with Crippen molar-refractivity contribution >= 4 is 23.4 Å². The van der Waals surface area contributed by atoms with Crippen molar-refractivity contribution in [3.05, 3.63) is 103 Å². The number of esters is 1. The van der Waals surface area contributed by atoms with E-state index in [1.165, 1.54) is 11.3 Å². The standard InChI is InChI=1S/C29H30N2O5S/c1-6-11-21-14-19(15-22(26(21)32)35-7-2)16-23-27(33)31-25(20-12-9-8-10-13-20)24(28(34)36-17(3)4)18(5)30-29(31)37-23/h6,8-10,12-17,25,32H,1,7,11H2,2-5H3. The largest absolute Gasteiger partial charge is 0.504 e. The summed E-state index contributed by atoms with van der Waals surface area (Å²) in [7, 11) is 0. The highest BCUT2D eigenvalue weighted by Crippen LogP contribution is 2.33. The van der Waals surface area contributed by atoms with E-state index in [1.807, 2.05) is 43.3 Å². The quantitative estimate of drug-likeness (QED) is 0.359. The van der Waals surface area contributed by atoms with E-state index in [2.05, 4.69) is 11.6 Å². The van der Waals surface area contributed by atoms with E-state index < -0.39 is 12.0 Å². The number of aromatic hydroxyl groups is 1. The number of benzene rings is 2. The average Bonchev–Trinajstić information content (AvgIpc) is 3.15. The molecule has 7 nitrogen and oxygen atoms in total. The van der Waals surface area contributed by atoms with E-state index >= 15 is 0 Å². The summed E-state index contributed by atoms with van der Waals surface area (Å²) in [6.07, 6.45) is 3.59. The average molecular weight is 519 g/mol. The molecule has 192 valence electrons. The molecule has 0 bridgehead atoms. The fraction of sp³-hybridized carbons (Fsp3) is 0.276. The van der Waals surface area contributed by atoms with E-state index in [0.717, 1.165) is 5.56 Å². The fourth-order valence-electron chi connectivity index (χ4n) is 4.31. The van der Waals surface area contributed by atoms with E-state index in [4.69, 9.17) is 9.47 Å². The molecule has 3 aromatic rings. The number of nitrogens with zero attached hydrogens (tertiary/aromatic N) is 2. The zero-order chi connectivity index (χ0) is 26.7. The van der Waals surface area contributed by atoms with Crippen LogP contribution in [-0.2, 0) is 16.0 Å². The van der Waals surface area contributed by atoms with Crippen LogP contribution in [-0.4, -0.2) is 28.4 Å². The number of thiazole rings is 1. The maximum absolute atomic E-state index is 13.8. The molecule has 1 N–H and O–H groups in total. The van der Waals surface area contributed by atoms with Crippen LogP contribution in [0.3, 0.4) is 0 Å². The van der Waals surface area contributed by atoms with Gasteiger partial charge in [0.25, 0.3) is 5.56 Å². The molecule has 2 aromatic carbocycles. The monoisotopic (exact) mass is 518 g/mol. The number of phenols is 1. The summed E-state index contributed by atoms with van der Waals surface area (Å²) < 4.78 is 13.2. The van der Waals surface area contributed by atoms with Crippen LogP contribution in [0.5, 0.6) is 11.5 Å². The lowest BCUT2D eigenvalue weighted by Crippen LogP contribution is -2.40. The number of rotatable bonds is 8. The molecular formula is C29H30N2O5S. The van der Waals surface area contributed by atoms with Crippen LogP contribution in [0.1, 0.15) is 50.4 Å². The molecule has 4 rings (SSSR count). The van der Waals surface area contributed by atoms with Gasteiger partial charge in [0.15, 0.2) is 16.3 Å². The van der Waals surface area contributed by atoms with Crippen molar-refractivity contribution in [1.29, 1.82) is 0 Å². The Labute approximate surface area is 219 Å². The van der Waals surface area contributed by atoms with E-state index in [9.17, 15) is 14.7 Å². The number of hydrogen-bond donors (Lipinski definition) is 1. The van der Waals surface area contributed by atoms with Crippen molar-refractivity contribution in [2.75, 3.05) is 6.61 Å². The third kappa shape index (κ3) is 5.29. The number of hydrogen-bond acceptors (Lipinski definition) is 7. The summed E-state index contributed by atoms with van der Waals surface area (Å²) in [5.41, 5.74) is 2.73. The van der Waals surface area contributed by atoms with Crippen molar-refractivity contribution in [3.63, 3.8) is 0 Å².